The zero-order valence-corrected chi connectivity index (χ0v) is 9.40. The van der Waals surface area contributed by atoms with E-state index < -0.39 is 5.97 Å². The molecule has 2 heterocycles. The van der Waals surface area contributed by atoms with Gasteiger partial charge in [0.25, 0.3) is 0 Å². The summed E-state index contributed by atoms with van der Waals surface area (Å²) in [6.07, 6.45) is 2.80. The van der Waals surface area contributed by atoms with Crippen LogP contribution in [0.1, 0.15) is 23.9 Å². The lowest BCUT2D eigenvalue weighted by atomic mass is 10.2. The number of aliphatic carboxylic acids is 1. The normalized spacial score (nSPS) is 10.9. The second kappa shape index (κ2) is 3.96. The summed E-state index contributed by atoms with van der Waals surface area (Å²) in [7, 11) is 0. The Balaban J connectivity index is 2.63. The van der Waals surface area contributed by atoms with Gasteiger partial charge >= 0.3 is 5.97 Å². The smallest absolute Gasteiger partial charge is 0.307 e. The van der Waals surface area contributed by atoms with Crippen molar-refractivity contribution in [3.05, 3.63) is 35.3 Å². The minimum absolute atomic E-state index is 0.0178. The van der Waals surface area contributed by atoms with Crippen molar-refractivity contribution < 1.29 is 9.90 Å². The van der Waals surface area contributed by atoms with Crippen LogP contribution in [0.25, 0.3) is 5.65 Å². The predicted octanol–water partition coefficient (Wildman–Crippen LogP) is 1.83. The molecular weight excluding hydrogens is 204 g/mol. The molecule has 0 aliphatic rings. The number of imidazole rings is 1. The Kier molecular flexibility index (Phi) is 2.64. The van der Waals surface area contributed by atoms with Crippen LogP contribution in [0.2, 0.25) is 0 Å². The molecule has 0 amide bonds. The molecule has 16 heavy (non-hydrogen) atoms. The molecule has 4 nitrogen and oxygen atoms in total. The van der Waals surface area contributed by atoms with Gasteiger partial charge < -0.3 is 9.51 Å². The van der Waals surface area contributed by atoms with E-state index in [2.05, 4.69) is 4.98 Å². The van der Waals surface area contributed by atoms with Gasteiger partial charge in [0.05, 0.1) is 12.1 Å². The number of carboxylic acid groups (broad SMARTS) is 1. The maximum Gasteiger partial charge on any atom is 0.307 e. The number of rotatable bonds is 3. The number of fused-ring (bicyclic) bond motifs is 1. The number of pyridine rings is 1. The third-order valence-corrected chi connectivity index (χ3v) is 2.74. The zero-order valence-electron chi connectivity index (χ0n) is 9.40. The first kappa shape index (κ1) is 10.7. The summed E-state index contributed by atoms with van der Waals surface area (Å²) >= 11 is 0. The Hall–Kier alpha value is -1.84. The quantitative estimate of drug-likeness (QED) is 0.855. The molecule has 0 aromatic carbocycles. The number of hydrogen-bond acceptors (Lipinski definition) is 2. The Bertz CT molecular complexity index is 543. The Morgan fingerprint density at radius 2 is 2.31 bits per heavy atom. The number of hydrogen-bond donors (Lipinski definition) is 1. The SMILES string of the molecule is CCc1nc2c(CC(=O)O)cccn2c1C. The van der Waals surface area contributed by atoms with Gasteiger partial charge in [0.1, 0.15) is 5.65 Å². The topological polar surface area (TPSA) is 54.6 Å². The van der Waals surface area contributed by atoms with Crippen LogP contribution in [0, 0.1) is 6.92 Å². The summed E-state index contributed by atoms with van der Waals surface area (Å²) < 4.78 is 1.96. The van der Waals surface area contributed by atoms with Crippen LogP contribution in [0.3, 0.4) is 0 Å². The van der Waals surface area contributed by atoms with Gasteiger partial charge in [-0.2, -0.15) is 0 Å². The number of carboxylic acids is 1. The van der Waals surface area contributed by atoms with Crippen LogP contribution in [0.15, 0.2) is 18.3 Å². The molecule has 4 heteroatoms. The van der Waals surface area contributed by atoms with Crippen molar-refractivity contribution in [3.63, 3.8) is 0 Å². The molecular formula is C12H14N2O2. The third-order valence-electron chi connectivity index (χ3n) is 2.74. The fraction of sp³-hybridized carbons (Fsp3) is 0.333. The lowest BCUT2D eigenvalue weighted by Gasteiger charge is -2.01. The van der Waals surface area contributed by atoms with E-state index in [0.717, 1.165) is 29.0 Å². The molecule has 0 unspecified atom stereocenters. The first-order chi connectivity index (χ1) is 7.63. The molecule has 2 rings (SSSR count). The molecule has 84 valence electrons. The molecule has 0 saturated heterocycles. The standard InChI is InChI=1S/C12H14N2O2/c1-3-10-8(2)14-6-4-5-9(7-11(15)16)12(14)13-10/h4-6H,3,7H2,1-2H3,(H,15,16). The minimum atomic E-state index is -0.827. The molecule has 0 radical (unpaired) electrons. The van der Waals surface area contributed by atoms with Crippen molar-refractivity contribution in [2.45, 2.75) is 26.7 Å². The molecule has 0 bridgehead atoms. The first-order valence-corrected chi connectivity index (χ1v) is 5.30. The molecule has 2 aromatic heterocycles. The van der Waals surface area contributed by atoms with Crippen molar-refractivity contribution in [1.29, 1.82) is 0 Å². The molecule has 1 N–H and O–H groups in total. The number of nitrogens with zero attached hydrogens (tertiary/aromatic N) is 2. The Labute approximate surface area is 93.5 Å². The average molecular weight is 218 g/mol. The highest BCUT2D eigenvalue weighted by Crippen LogP contribution is 2.16. The van der Waals surface area contributed by atoms with Crippen LogP contribution in [0.4, 0.5) is 0 Å². The summed E-state index contributed by atoms with van der Waals surface area (Å²) in [6, 6.07) is 3.68. The van der Waals surface area contributed by atoms with Gasteiger partial charge in [0, 0.05) is 17.5 Å². The second-order valence-electron chi connectivity index (χ2n) is 3.80. The lowest BCUT2D eigenvalue weighted by molar-refractivity contribution is -0.136. The summed E-state index contributed by atoms with van der Waals surface area (Å²) in [5, 5.41) is 8.82. The molecule has 2 aromatic rings. The average Bonchev–Trinajstić information content (AvgIpc) is 2.56. The molecule has 0 spiro atoms. The fourth-order valence-corrected chi connectivity index (χ4v) is 1.93. The van der Waals surface area contributed by atoms with Crippen molar-refractivity contribution >= 4 is 11.6 Å². The van der Waals surface area contributed by atoms with Crippen molar-refractivity contribution in [2.75, 3.05) is 0 Å². The van der Waals surface area contributed by atoms with Crippen molar-refractivity contribution in [3.8, 4) is 0 Å². The van der Waals surface area contributed by atoms with Crippen LogP contribution in [0.5, 0.6) is 0 Å². The van der Waals surface area contributed by atoms with Gasteiger partial charge in [-0.3, -0.25) is 4.79 Å². The summed E-state index contributed by atoms with van der Waals surface area (Å²) in [6.45, 7) is 4.05. The van der Waals surface area contributed by atoms with E-state index in [1.807, 2.05) is 36.6 Å². The second-order valence-corrected chi connectivity index (χ2v) is 3.80. The fourth-order valence-electron chi connectivity index (χ4n) is 1.93. The number of aryl methyl sites for hydroxylation is 2. The Morgan fingerprint density at radius 3 is 2.94 bits per heavy atom. The number of aromatic nitrogens is 2. The van der Waals surface area contributed by atoms with E-state index in [1.165, 1.54) is 0 Å². The largest absolute Gasteiger partial charge is 0.481 e. The van der Waals surface area contributed by atoms with E-state index in [9.17, 15) is 4.79 Å². The monoisotopic (exact) mass is 218 g/mol. The lowest BCUT2D eigenvalue weighted by Crippen LogP contribution is -2.02. The molecule has 0 atom stereocenters. The molecule has 0 aliphatic carbocycles. The maximum absolute atomic E-state index is 10.7. The molecule has 0 saturated carbocycles. The van der Waals surface area contributed by atoms with Crippen molar-refractivity contribution in [1.82, 2.24) is 9.38 Å². The van der Waals surface area contributed by atoms with E-state index in [0.29, 0.717) is 0 Å². The van der Waals surface area contributed by atoms with Crippen LogP contribution < -0.4 is 0 Å². The van der Waals surface area contributed by atoms with Crippen molar-refractivity contribution in [2.24, 2.45) is 0 Å². The van der Waals surface area contributed by atoms with Crippen LogP contribution >= 0.6 is 0 Å². The van der Waals surface area contributed by atoms with Gasteiger partial charge in [-0.1, -0.05) is 13.0 Å². The van der Waals surface area contributed by atoms with Crippen LogP contribution in [-0.4, -0.2) is 20.5 Å². The third kappa shape index (κ3) is 1.66. The summed E-state index contributed by atoms with van der Waals surface area (Å²) in [5.41, 5.74) is 3.64. The maximum atomic E-state index is 10.7. The van der Waals surface area contributed by atoms with Crippen LogP contribution in [-0.2, 0) is 17.6 Å². The minimum Gasteiger partial charge on any atom is -0.481 e. The van der Waals surface area contributed by atoms with E-state index >= 15 is 0 Å². The predicted molar refractivity (Wildman–Crippen MR) is 60.6 cm³/mol. The van der Waals surface area contributed by atoms with Gasteiger partial charge in [0.2, 0.25) is 0 Å². The first-order valence-electron chi connectivity index (χ1n) is 5.30. The summed E-state index contributed by atoms with van der Waals surface area (Å²) in [4.78, 5) is 15.2. The van der Waals surface area contributed by atoms with Gasteiger partial charge in [0.15, 0.2) is 0 Å². The summed E-state index contributed by atoms with van der Waals surface area (Å²) in [5.74, 6) is -0.827. The van der Waals surface area contributed by atoms with Gasteiger partial charge in [-0.25, -0.2) is 4.98 Å². The number of carbonyl (C=O) groups is 1. The zero-order chi connectivity index (χ0) is 11.7. The highest BCUT2D eigenvalue weighted by atomic mass is 16.4. The highest BCUT2D eigenvalue weighted by molar-refractivity contribution is 5.73. The van der Waals surface area contributed by atoms with E-state index in [1.54, 1.807) is 0 Å². The van der Waals surface area contributed by atoms with Gasteiger partial charge in [-0.05, 0) is 19.4 Å². The Morgan fingerprint density at radius 1 is 1.56 bits per heavy atom. The van der Waals surface area contributed by atoms with E-state index in [-0.39, 0.29) is 6.42 Å². The molecule has 0 aliphatic heterocycles. The molecule has 0 fully saturated rings. The van der Waals surface area contributed by atoms with Gasteiger partial charge in [-0.15, -0.1) is 0 Å². The highest BCUT2D eigenvalue weighted by Gasteiger charge is 2.11. The van der Waals surface area contributed by atoms with E-state index in [4.69, 9.17) is 5.11 Å².